The van der Waals surface area contributed by atoms with Crippen LogP contribution in [-0.2, 0) is 11.3 Å². The van der Waals surface area contributed by atoms with Crippen molar-refractivity contribution in [1.29, 1.82) is 0 Å². The van der Waals surface area contributed by atoms with Crippen molar-refractivity contribution in [3.05, 3.63) is 29.8 Å². The summed E-state index contributed by atoms with van der Waals surface area (Å²) < 4.78 is 4.56. The quantitative estimate of drug-likeness (QED) is 0.844. The van der Waals surface area contributed by atoms with E-state index in [0.29, 0.717) is 0 Å². The second-order valence-corrected chi connectivity index (χ2v) is 4.91. The van der Waals surface area contributed by atoms with Crippen molar-refractivity contribution < 1.29 is 9.53 Å². The summed E-state index contributed by atoms with van der Waals surface area (Å²) >= 11 is 0. The van der Waals surface area contributed by atoms with Crippen molar-refractivity contribution >= 4 is 11.8 Å². The zero-order valence-electron chi connectivity index (χ0n) is 11.5. The fraction of sp³-hybridized carbons (Fsp3) is 0.500. The van der Waals surface area contributed by atoms with Crippen LogP contribution in [0.4, 0.5) is 10.5 Å². The number of hydrogen-bond donors (Lipinski definition) is 2. The van der Waals surface area contributed by atoms with E-state index in [1.54, 1.807) is 0 Å². The summed E-state index contributed by atoms with van der Waals surface area (Å²) in [7, 11) is 1.35. The van der Waals surface area contributed by atoms with Crippen LogP contribution in [0.5, 0.6) is 0 Å². The molecule has 1 amide bonds. The lowest BCUT2D eigenvalue weighted by Gasteiger charge is -2.24. The Labute approximate surface area is 109 Å². The van der Waals surface area contributed by atoms with E-state index in [2.05, 4.69) is 36.1 Å². The molecule has 1 rings (SSSR count). The molecule has 0 atom stereocenters. The van der Waals surface area contributed by atoms with Gasteiger partial charge in [-0.15, -0.1) is 0 Å². The highest BCUT2D eigenvalue weighted by Gasteiger charge is 2.13. The van der Waals surface area contributed by atoms with Gasteiger partial charge in [-0.1, -0.05) is 19.1 Å². The minimum Gasteiger partial charge on any atom is -0.453 e. The number of benzene rings is 1. The molecule has 100 valence electrons. The topological polar surface area (TPSA) is 50.4 Å². The van der Waals surface area contributed by atoms with E-state index in [4.69, 9.17) is 0 Å². The van der Waals surface area contributed by atoms with Gasteiger partial charge in [0.25, 0.3) is 0 Å². The van der Waals surface area contributed by atoms with Crippen LogP contribution in [0.25, 0.3) is 0 Å². The average Bonchev–Trinajstić information content (AvgIpc) is 2.37. The van der Waals surface area contributed by atoms with Gasteiger partial charge in [0.2, 0.25) is 0 Å². The van der Waals surface area contributed by atoms with Gasteiger partial charge < -0.3 is 10.1 Å². The smallest absolute Gasteiger partial charge is 0.411 e. The van der Waals surface area contributed by atoms with Crippen LogP contribution in [0, 0.1) is 0 Å². The van der Waals surface area contributed by atoms with Gasteiger partial charge in [0, 0.05) is 17.8 Å². The molecule has 18 heavy (non-hydrogen) atoms. The average molecular weight is 250 g/mol. The second kappa shape index (κ2) is 6.40. The summed E-state index contributed by atoms with van der Waals surface area (Å²) in [4.78, 5) is 11.1. The predicted molar refractivity (Wildman–Crippen MR) is 73.7 cm³/mol. The number of carbonyl (C=O) groups excluding carboxylic acids is 1. The maximum Gasteiger partial charge on any atom is 0.411 e. The van der Waals surface area contributed by atoms with Crippen LogP contribution >= 0.6 is 0 Å². The fourth-order valence-electron chi connectivity index (χ4n) is 1.39. The molecule has 0 unspecified atom stereocenters. The van der Waals surface area contributed by atoms with Crippen molar-refractivity contribution in [2.75, 3.05) is 12.4 Å². The van der Waals surface area contributed by atoms with Crippen LogP contribution in [0.3, 0.4) is 0 Å². The van der Waals surface area contributed by atoms with E-state index < -0.39 is 6.09 Å². The highest BCUT2D eigenvalue weighted by Crippen LogP contribution is 2.13. The summed E-state index contributed by atoms with van der Waals surface area (Å²) in [6.45, 7) is 7.27. The van der Waals surface area contributed by atoms with Gasteiger partial charge in [0.15, 0.2) is 0 Å². The summed E-state index contributed by atoms with van der Waals surface area (Å²) in [6.07, 6.45) is 0.613. The first kappa shape index (κ1) is 14.5. The minimum atomic E-state index is -0.450. The highest BCUT2D eigenvalue weighted by atomic mass is 16.5. The van der Waals surface area contributed by atoms with Gasteiger partial charge in [-0.2, -0.15) is 0 Å². The van der Waals surface area contributed by atoms with E-state index >= 15 is 0 Å². The summed E-state index contributed by atoms with van der Waals surface area (Å²) in [6, 6.07) is 7.73. The zero-order valence-corrected chi connectivity index (χ0v) is 11.5. The molecule has 0 heterocycles. The Morgan fingerprint density at radius 2 is 2.11 bits per heavy atom. The fourth-order valence-corrected chi connectivity index (χ4v) is 1.39. The lowest BCUT2D eigenvalue weighted by molar-refractivity contribution is 0.187. The number of ether oxygens (including phenoxy) is 1. The Kier molecular flexibility index (Phi) is 5.16. The molecule has 0 aromatic heterocycles. The molecular weight excluding hydrogens is 228 g/mol. The molecular formula is C14H22N2O2. The Balaban J connectivity index is 2.62. The minimum absolute atomic E-state index is 0.117. The zero-order chi connectivity index (χ0) is 13.6. The van der Waals surface area contributed by atoms with Crippen LogP contribution < -0.4 is 10.6 Å². The Bertz CT molecular complexity index is 403. The van der Waals surface area contributed by atoms with Gasteiger partial charge in [0.05, 0.1) is 7.11 Å². The predicted octanol–water partition coefficient (Wildman–Crippen LogP) is 3.14. The van der Waals surface area contributed by atoms with Crippen molar-refractivity contribution in [1.82, 2.24) is 5.32 Å². The molecule has 1 aromatic carbocycles. The van der Waals surface area contributed by atoms with Crippen LogP contribution in [-0.4, -0.2) is 18.7 Å². The number of hydrogen-bond acceptors (Lipinski definition) is 3. The maximum atomic E-state index is 11.1. The van der Waals surface area contributed by atoms with Crippen LogP contribution in [0.1, 0.15) is 32.8 Å². The van der Waals surface area contributed by atoms with Crippen molar-refractivity contribution in [3.63, 3.8) is 0 Å². The Hall–Kier alpha value is -1.55. The third-order valence-corrected chi connectivity index (χ3v) is 3.01. The molecule has 0 saturated heterocycles. The van der Waals surface area contributed by atoms with E-state index in [1.807, 2.05) is 24.3 Å². The lowest BCUT2D eigenvalue weighted by atomic mass is 10.0. The molecule has 1 aromatic rings. The van der Waals surface area contributed by atoms with Gasteiger partial charge >= 0.3 is 6.09 Å². The van der Waals surface area contributed by atoms with Gasteiger partial charge in [0.1, 0.15) is 0 Å². The van der Waals surface area contributed by atoms with Crippen molar-refractivity contribution in [3.8, 4) is 0 Å². The van der Waals surface area contributed by atoms with Crippen LogP contribution in [0.15, 0.2) is 24.3 Å². The SMILES string of the molecule is CCC(C)(C)NCc1cccc(NC(=O)OC)c1. The molecule has 0 radical (unpaired) electrons. The standard InChI is InChI=1S/C14H22N2O2/c1-5-14(2,3)15-10-11-7-6-8-12(9-11)16-13(17)18-4/h6-9,15H,5,10H2,1-4H3,(H,16,17). The van der Waals surface area contributed by atoms with E-state index in [1.165, 1.54) is 7.11 Å². The summed E-state index contributed by atoms with van der Waals surface area (Å²) in [5.41, 5.74) is 1.99. The first-order chi connectivity index (χ1) is 8.46. The number of nitrogens with one attached hydrogen (secondary N) is 2. The van der Waals surface area contributed by atoms with Crippen molar-refractivity contribution in [2.24, 2.45) is 0 Å². The molecule has 2 N–H and O–H groups in total. The molecule has 0 aliphatic heterocycles. The number of methoxy groups -OCH3 is 1. The number of anilines is 1. The first-order valence-electron chi connectivity index (χ1n) is 6.16. The van der Waals surface area contributed by atoms with E-state index in [0.717, 1.165) is 24.2 Å². The third-order valence-electron chi connectivity index (χ3n) is 3.01. The highest BCUT2D eigenvalue weighted by molar-refractivity contribution is 5.84. The van der Waals surface area contributed by atoms with Gasteiger partial charge in [-0.3, -0.25) is 5.32 Å². The molecule has 0 saturated carbocycles. The van der Waals surface area contributed by atoms with Gasteiger partial charge in [-0.05, 0) is 38.0 Å². The lowest BCUT2D eigenvalue weighted by Crippen LogP contribution is -2.37. The van der Waals surface area contributed by atoms with E-state index in [9.17, 15) is 4.79 Å². The maximum absolute atomic E-state index is 11.1. The molecule has 0 fully saturated rings. The Morgan fingerprint density at radius 3 is 2.72 bits per heavy atom. The van der Waals surface area contributed by atoms with Gasteiger partial charge in [-0.25, -0.2) is 4.79 Å². The number of carbonyl (C=O) groups is 1. The molecule has 4 heteroatoms. The molecule has 0 aliphatic rings. The second-order valence-electron chi connectivity index (χ2n) is 4.91. The van der Waals surface area contributed by atoms with E-state index in [-0.39, 0.29) is 5.54 Å². The summed E-state index contributed by atoms with van der Waals surface area (Å²) in [5.74, 6) is 0. The van der Waals surface area contributed by atoms with Crippen molar-refractivity contribution in [2.45, 2.75) is 39.3 Å². The molecule has 0 bridgehead atoms. The molecule has 0 spiro atoms. The number of rotatable bonds is 5. The molecule has 0 aliphatic carbocycles. The largest absolute Gasteiger partial charge is 0.453 e. The summed E-state index contributed by atoms with van der Waals surface area (Å²) in [5, 5.41) is 6.13. The van der Waals surface area contributed by atoms with Crippen LogP contribution in [0.2, 0.25) is 0 Å². The molecule has 4 nitrogen and oxygen atoms in total. The third kappa shape index (κ3) is 4.75. The Morgan fingerprint density at radius 1 is 1.39 bits per heavy atom. The first-order valence-corrected chi connectivity index (χ1v) is 6.16. The normalized spacial score (nSPS) is 11.1. The monoisotopic (exact) mass is 250 g/mol. The number of amides is 1.